The van der Waals surface area contributed by atoms with Crippen LogP contribution in [0.3, 0.4) is 0 Å². The predicted octanol–water partition coefficient (Wildman–Crippen LogP) is 2.50. The molecule has 1 fully saturated rings. The van der Waals surface area contributed by atoms with Crippen LogP contribution in [0, 0.1) is 21.3 Å². The molecule has 1 N–H and O–H groups in total. The summed E-state index contributed by atoms with van der Waals surface area (Å²) in [4.78, 5) is 10.3. The summed E-state index contributed by atoms with van der Waals surface area (Å²) in [5.41, 5.74) is -0.348. The van der Waals surface area contributed by atoms with Crippen molar-refractivity contribution in [1.82, 2.24) is 5.32 Å². The standard InChI is InChI=1S/C13H17FN2O3/c1-13(2)11(15-3)7-12(13)19-10-6-8(14)4-5-9(10)16(17)18/h4-6,11-12,15H,7H2,1-3H3. The fourth-order valence-corrected chi connectivity index (χ4v) is 2.46. The third-order valence-electron chi connectivity index (χ3n) is 3.91. The summed E-state index contributed by atoms with van der Waals surface area (Å²) in [6.07, 6.45) is 0.586. The summed E-state index contributed by atoms with van der Waals surface area (Å²) in [6.45, 7) is 4.04. The highest BCUT2D eigenvalue weighted by Gasteiger charge is 2.49. The summed E-state index contributed by atoms with van der Waals surface area (Å²) >= 11 is 0. The van der Waals surface area contributed by atoms with Crippen LogP contribution in [-0.2, 0) is 0 Å². The highest BCUT2D eigenvalue weighted by Crippen LogP contribution is 2.44. The van der Waals surface area contributed by atoms with E-state index >= 15 is 0 Å². The van der Waals surface area contributed by atoms with Crippen molar-refractivity contribution in [2.75, 3.05) is 7.05 Å². The maximum atomic E-state index is 13.2. The molecule has 19 heavy (non-hydrogen) atoms. The van der Waals surface area contributed by atoms with Crippen molar-refractivity contribution >= 4 is 5.69 Å². The Hall–Kier alpha value is -1.69. The molecule has 0 amide bonds. The SMILES string of the molecule is CNC1CC(Oc2cc(F)ccc2[N+](=O)[O-])C1(C)C. The Morgan fingerprint density at radius 3 is 2.74 bits per heavy atom. The maximum Gasteiger partial charge on any atom is 0.311 e. The Balaban J connectivity index is 2.21. The van der Waals surface area contributed by atoms with Crippen LogP contribution in [0.5, 0.6) is 5.75 Å². The van der Waals surface area contributed by atoms with E-state index in [0.717, 1.165) is 24.6 Å². The number of rotatable bonds is 4. The molecule has 0 spiro atoms. The van der Waals surface area contributed by atoms with E-state index < -0.39 is 10.7 Å². The van der Waals surface area contributed by atoms with Crippen molar-refractivity contribution in [1.29, 1.82) is 0 Å². The van der Waals surface area contributed by atoms with Crippen LogP contribution >= 0.6 is 0 Å². The second-order valence-electron chi connectivity index (χ2n) is 5.37. The van der Waals surface area contributed by atoms with Crippen LogP contribution in [-0.4, -0.2) is 24.1 Å². The van der Waals surface area contributed by atoms with Crippen LogP contribution in [0.4, 0.5) is 10.1 Å². The molecule has 0 radical (unpaired) electrons. The Morgan fingerprint density at radius 2 is 2.21 bits per heavy atom. The molecule has 1 saturated carbocycles. The lowest BCUT2D eigenvalue weighted by molar-refractivity contribution is -0.386. The molecule has 2 atom stereocenters. The Bertz CT molecular complexity index is 505. The van der Waals surface area contributed by atoms with Gasteiger partial charge in [-0.3, -0.25) is 10.1 Å². The van der Waals surface area contributed by atoms with Crippen molar-refractivity contribution in [3.63, 3.8) is 0 Å². The number of halogens is 1. The first-order valence-corrected chi connectivity index (χ1v) is 6.14. The first-order valence-electron chi connectivity index (χ1n) is 6.14. The number of hydrogen-bond donors (Lipinski definition) is 1. The van der Waals surface area contributed by atoms with E-state index in [2.05, 4.69) is 5.32 Å². The third-order valence-corrected chi connectivity index (χ3v) is 3.91. The van der Waals surface area contributed by atoms with Crippen LogP contribution in [0.2, 0.25) is 0 Å². The molecule has 1 aliphatic rings. The van der Waals surface area contributed by atoms with Gasteiger partial charge in [-0.1, -0.05) is 13.8 Å². The number of nitrogens with one attached hydrogen (secondary N) is 1. The molecule has 1 aliphatic carbocycles. The Labute approximate surface area is 110 Å². The van der Waals surface area contributed by atoms with Gasteiger partial charge in [0.2, 0.25) is 0 Å². The highest BCUT2D eigenvalue weighted by molar-refractivity contribution is 5.46. The molecule has 6 heteroatoms. The van der Waals surface area contributed by atoms with Crippen LogP contribution in [0.1, 0.15) is 20.3 Å². The minimum Gasteiger partial charge on any atom is -0.483 e. The Kier molecular flexibility index (Phi) is 3.45. The van der Waals surface area contributed by atoms with Crippen LogP contribution in [0.15, 0.2) is 18.2 Å². The van der Waals surface area contributed by atoms with Crippen molar-refractivity contribution in [2.45, 2.75) is 32.4 Å². The van der Waals surface area contributed by atoms with E-state index in [1.165, 1.54) is 0 Å². The summed E-state index contributed by atoms with van der Waals surface area (Å²) in [7, 11) is 1.87. The van der Waals surface area contributed by atoms with Gasteiger partial charge in [0.1, 0.15) is 11.9 Å². The molecule has 0 aromatic heterocycles. The molecule has 0 aliphatic heterocycles. The van der Waals surface area contributed by atoms with E-state index in [9.17, 15) is 14.5 Å². The topological polar surface area (TPSA) is 64.4 Å². The van der Waals surface area contributed by atoms with Gasteiger partial charge in [0, 0.05) is 30.0 Å². The maximum absolute atomic E-state index is 13.2. The zero-order valence-corrected chi connectivity index (χ0v) is 11.1. The largest absolute Gasteiger partial charge is 0.483 e. The molecule has 5 nitrogen and oxygen atoms in total. The van der Waals surface area contributed by atoms with Gasteiger partial charge in [-0.2, -0.15) is 0 Å². The van der Waals surface area contributed by atoms with E-state index in [1.54, 1.807) is 0 Å². The normalized spacial score (nSPS) is 24.6. The number of hydrogen-bond acceptors (Lipinski definition) is 4. The van der Waals surface area contributed by atoms with Gasteiger partial charge in [-0.05, 0) is 13.1 Å². The molecule has 0 heterocycles. The number of nitro groups is 1. The number of nitro benzene ring substituents is 1. The quantitative estimate of drug-likeness (QED) is 0.673. The van der Waals surface area contributed by atoms with Gasteiger partial charge in [0.25, 0.3) is 0 Å². The van der Waals surface area contributed by atoms with E-state index in [-0.39, 0.29) is 23.0 Å². The van der Waals surface area contributed by atoms with Crippen molar-refractivity contribution in [2.24, 2.45) is 5.41 Å². The fraction of sp³-hybridized carbons (Fsp3) is 0.538. The number of benzene rings is 1. The van der Waals surface area contributed by atoms with Crippen molar-refractivity contribution in [3.8, 4) is 5.75 Å². The molecule has 0 bridgehead atoms. The number of ether oxygens (including phenoxy) is 1. The molecule has 1 aromatic carbocycles. The average molecular weight is 268 g/mol. The first-order chi connectivity index (χ1) is 8.86. The zero-order valence-electron chi connectivity index (χ0n) is 11.1. The van der Waals surface area contributed by atoms with Gasteiger partial charge in [0.05, 0.1) is 4.92 Å². The second-order valence-corrected chi connectivity index (χ2v) is 5.37. The van der Waals surface area contributed by atoms with E-state index in [0.29, 0.717) is 6.04 Å². The highest BCUT2D eigenvalue weighted by atomic mass is 19.1. The molecule has 104 valence electrons. The third kappa shape index (κ3) is 2.40. The summed E-state index contributed by atoms with van der Waals surface area (Å²) < 4.78 is 18.9. The minimum absolute atomic E-state index is 0.00220. The minimum atomic E-state index is -0.560. The van der Waals surface area contributed by atoms with Crippen molar-refractivity contribution < 1.29 is 14.1 Å². The first kappa shape index (κ1) is 13.7. The van der Waals surface area contributed by atoms with Gasteiger partial charge < -0.3 is 10.1 Å². The second kappa shape index (κ2) is 4.77. The lowest BCUT2D eigenvalue weighted by Gasteiger charge is -2.51. The van der Waals surface area contributed by atoms with Gasteiger partial charge >= 0.3 is 5.69 Å². The van der Waals surface area contributed by atoms with Crippen LogP contribution in [0.25, 0.3) is 0 Å². The zero-order chi connectivity index (χ0) is 14.2. The molecule has 2 unspecified atom stereocenters. The van der Waals surface area contributed by atoms with Gasteiger partial charge in [-0.25, -0.2) is 4.39 Å². The molecule has 2 rings (SSSR count). The van der Waals surface area contributed by atoms with Gasteiger partial charge in [-0.15, -0.1) is 0 Å². The predicted molar refractivity (Wildman–Crippen MR) is 68.7 cm³/mol. The number of nitrogens with zero attached hydrogens (tertiary/aromatic N) is 1. The molecular formula is C13H17FN2O3. The Morgan fingerprint density at radius 1 is 1.53 bits per heavy atom. The summed E-state index contributed by atoms with van der Waals surface area (Å²) in [6, 6.07) is 3.56. The summed E-state index contributed by atoms with van der Waals surface area (Å²) in [5, 5.41) is 14.1. The molecule has 0 saturated heterocycles. The van der Waals surface area contributed by atoms with Gasteiger partial charge in [0.15, 0.2) is 5.75 Å². The fourth-order valence-electron chi connectivity index (χ4n) is 2.46. The summed E-state index contributed by atoms with van der Waals surface area (Å²) in [5.74, 6) is -0.541. The lowest BCUT2D eigenvalue weighted by atomic mass is 9.64. The smallest absolute Gasteiger partial charge is 0.311 e. The monoisotopic (exact) mass is 268 g/mol. The average Bonchev–Trinajstić information content (AvgIpc) is 2.33. The lowest BCUT2D eigenvalue weighted by Crippen LogP contribution is -2.61. The van der Waals surface area contributed by atoms with Crippen LogP contribution < -0.4 is 10.1 Å². The van der Waals surface area contributed by atoms with E-state index in [1.807, 2.05) is 20.9 Å². The van der Waals surface area contributed by atoms with E-state index in [4.69, 9.17) is 4.74 Å². The molecular weight excluding hydrogens is 251 g/mol. The van der Waals surface area contributed by atoms with Crippen molar-refractivity contribution in [3.05, 3.63) is 34.1 Å². The molecule has 1 aromatic rings.